The van der Waals surface area contributed by atoms with Crippen LogP contribution in [-0.2, 0) is 4.79 Å². The van der Waals surface area contributed by atoms with Gasteiger partial charge in [0.2, 0.25) is 5.91 Å². The van der Waals surface area contributed by atoms with Crippen molar-refractivity contribution in [2.45, 2.75) is 52.6 Å². The number of carbonyl (C=O) groups excluding carboxylic acids is 1. The lowest BCUT2D eigenvalue weighted by molar-refractivity contribution is -0.116. The summed E-state index contributed by atoms with van der Waals surface area (Å²) in [7, 11) is 0. The molecule has 5 nitrogen and oxygen atoms in total. The minimum atomic E-state index is -0.298. The van der Waals surface area contributed by atoms with E-state index in [1.165, 1.54) is 12.1 Å². The molecule has 0 spiro atoms. The second kappa shape index (κ2) is 8.10. The normalized spacial score (nSPS) is 12.5. The van der Waals surface area contributed by atoms with E-state index in [4.69, 9.17) is 5.73 Å². The van der Waals surface area contributed by atoms with Gasteiger partial charge >= 0.3 is 0 Å². The number of hydrogen-bond acceptors (Lipinski definition) is 3. The number of anilines is 1. The third-order valence-electron chi connectivity index (χ3n) is 4.75. The van der Waals surface area contributed by atoms with Crippen LogP contribution in [0.15, 0.2) is 36.4 Å². The highest BCUT2D eigenvalue weighted by Gasteiger charge is 2.16. The van der Waals surface area contributed by atoms with Crippen molar-refractivity contribution < 1.29 is 9.18 Å². The van der Waals surface area contributed by atoms with Crippen LogP contribution in [0.4, 0.5) is 10.1 Å². The molecule has 0 saturated carbocycles. The van der Waals surface area contributed by atoms with Gasteiger partial charge in [-0.05, 0) is 70.0 Å². The van der Waals surface area contributed by atoms with E-state index in [2.05, 4.69) is 28.7 Å². The molecular formula is C22H27FN4O. The van der Waals surface area contributed by atoms with Crippen molar-refractivity contribution in [3.8, 4) is 11.4 Å². The number of nitrogens with two attached hydrogens (primary N) is 1. The average Bonchev–Trinajstić information content (AvgIpc) is 3.00. The molecule has 3 aromatic rings. The lowest BCUT2D eigenvalue weighted by Gasteiger charge is -2.15. The van der Waals surface area contributed by atoms with Crippen LogP contribution < -0.4 is 11.1 Å². The predicted octanol–water partition coefficient (Wildman–Crippen LogP) is 4.80. The largest absolute Gasteiger partial charge is 0.328 e. The third kappa shape index (κ3) is 4.22. The van der Waals surface area contributed by atoms with E-state index in [0.717, 1.165) is 28.2 Å². The van der Waals surface area contributed by atoms with Gasteiger partial charge in [0.05, 0.1) is 11.0 Å². The third-order valence-corrected chi connectivity index (χ3v) is 4.75. The molecule has 1 aromatic heterocycles. The quantitative estimate of drug-likeness (QED) is 0.643. The number of amides is 1. The lowest BCUT2D eigenvalue weighted by atomic mass is 10.1. The molecule has 1 unspecified atom stereocenters. The molecular weight excluding hydrogens is 355 g/mol. The van der Waals surface area contributed by atoms with Gasteiger partial charge in [-0.3, -0.25) is 4.79 Å². The molecule has 6 heteroatoms. The Morgan fingerprint density at radius 2 is 1.96 bits per heavy atom. The van der Waals surface area contributed by atoms with Crippen LogP contribution in [-0.4, -0.2) is 21.5 Å². The summed E-state index contributed by atoms with van der Waals surface area (Å²) in [5, 5.41) is 2.94. The molecule has 0 aliphatic heterocycles. The molecule has 1 atom stereocenters. The number of benzene rings is 2. The van der Waals surface area contributed by atoms with Crippen LogP contribution in [0.1, 0.15) is 45.2 Å². The van der Waals surface area contributed by atoms with Crippen molar-refractivity contribution in [1.82, 2.24) is 9.55 Å². The number of aryl methyl sites for hydroxylation is 1. The lowest BCUT2D eigenvalue weighted by Crippen LogP contribution is -2.19. The summed E-state index contributed by atoms with van der Waals surface area (Å²) in [6, 6.07) is 10.7. The van der Waals surface area contributed by atoms with Gasteiger partial charge in [-0.1, -0.05) is 0 Å². The van der Waals surface area contributed by atoms with Gasteiger partial charge < -0.3 is 15.6 Å². The average molecular weight is 382 g/mol. The maximum Gasteiger partial charge on any atom is 0.224 e. The standard InChI is InChI=1S/C22H27FN4O/c1-13(2)27-20-9-7-17(23)12-19(20)26-22(27)16-6-8-18(14(3)11-16)25-21(28)10-5-15(4)24/h6-9,11-13,15H,5,10,24H2,1-4H3,(H,25,28). The molecule has 28 heavy (non-hydrogen) atoms. The first kappa shape index (κ1) is 20.0. The molecule has 148 valence electrons. The number of imidazole rings is 1. The summed E-state index contributed by atoms with van der Waals surface area (Å²) in [5.74, 6) is 0.445. The van der Waals surface area contributed by atoms with E-state index in [-0.39, 0.29) is 23.8 Å². The van der Waals surface area contributed by atoms with Crippen molar-refractivity contribution in [2.75, 3.05) is 5.32 Å². The fraction of sp³-hybridized carbons (Fsp3) is 0.364. The number of nitrogens with zero attached hydrogens (tertiary/aromatic N) is 2. The number of nitrogens with one attached hydrogen (secondary N) is 1. The van der Waals surface area contributed by atoms with E-state index in [1.807, 2.05) is 32.0 Å². The van der Waals surface area contributed by atoms with Gasteiger partial charge in [0.1, 0.15) is 11.6 Å². The summed E-state index contributed by atoms with van der Waals surface area (Å²) < 4.78 is 15.7. The number of hydrogen-bond donors (Lipinski definition) is 2. The van der Waals surface area contributed by atoms with Gasteiger partial charge in [-0.15, -0.1) is 0 Å². The summed E-state index contributed by atoms with van der Waals surface area (Å²) in [6.07, 6.45) is 1.05. The Hall–Kier alpha value is -2.73. The molecule has 0 aliphatic rings. The fourth-order valence-corrected chi connectivity index (χ4v) is 3.31. The van der Waals surface area contributed by atoms with Crippen LogP contribution in [0.2, 0.25) is 0 Å². The highest BCUT2D eigenvalue weighted by molar-refractivity contribution is 5.92. The van der Waals surface area contributed by atoms with E-state index in [0.29, 0.717) is 18.4 Å². The van der Waals surface area contributed by atoms with Crippen molar-refractivity contribution >= 4 is 22.6 Å². The Balaban J connectivity index is 1.94. The molecule has 1 amide bonds. The van der Waals surface area contributed by atoms with E-state index in [1.54, 1.807) is 6.07 Å². The monoisotopic (exact) mass is 382 g/mol. The van der Waals surface area contributed by atoms with E-state index >= 15 is 0 Å². The highest BCUT2D eigenvalue weighted by atomic mass is 19.1. The van der Waals surface area contributed by atoms with Crippen molar-refractivity contribution in [1.29, 1.82) is 0 Å². The Morgan fingerprint density at radius 1 is 1.21 bits per heavy atom. The number of carbonyl (C=O) groups is 1. The topological polar surface area (TPSA) is 72.9 Å². The van der Waals surface area contributed by atoms with E-state index < -0.39 is 0 Å². The predicted molar refractivity (Wildman–Crippen MR) is 112 cm³/mol. The maximum atomic E-state index is 13.6. The SMILES string of the molecule is Cc1cc(-c2nc3cc(F)ccc3n2C(C)C)ccc1NC(=O)CCC(C)N. The Kier molecular flexibility index (Phi) is 5.79. The number of fused-ring (bicyclic) bond motifs is 1. The van der Waals surface area contributed by atoms with E-state index in [9.17, 15) is 9.18 Å². The van der Waals surface area contributed by atoms with Crippen LogP contribution in [0.5, 0.6) is 0 Å². The minimum absolute atomic E-state index is 0.00286. The first-order valence-corrected chi connectivity index (χ1v) is 9.60. The molecule has 0 radical (unpaired) electrons. The van der Waals surface area contributed by atoms with Crippen molar-refractivity contribution in [3.63, 3.8) is 0 Å². The fourth-order valence-electron chi connectivity index (χ4n) is 3.31. The van der Waals surface area contributed by atoms with Crippen LogP contribution in [0.3, 0.4) is 0 Å². The van der Waals surface area contributed by atoms with Gasteiger partial charge in [0, 0.05) is 35.8 Å². The summed E-state index contributed by atoms with van der Waals surface area (Å²) in [4.78, 5) is 16.8. The number of aromatic nitrogens is 2. The van der Waals surface area contributed by atoms with Crippen molar-refractivity contribution in [2.24, 2.45) is 5.73 Å². The second-order valence-electron chi connectivity index (χ2n) is 7.63. The molecule has 2 aromatic carbocycles. The summed E-state index contributed by atoms with van der Waals surface area (Å²) in [6.45, 7) is 7.99. The molecule has 1 heterocycles. The Bertz CT molecular complexity index is 1010. The first-order chi connectivity index (χ1) is 13.3. The van der Waals surface area contributed by atoms with Gasteiger partial charge in [0.25, 0.3) is 0 Å². The second-order valence-corrected chi connectivity index (χ2v) is 7.63. The molecule has 0 bridgehead atoms. The first-order valence-electron chi connectivity index (χ1n) is 9.60. The summed E-state index contributed by atoms with van der Waals surface area (Å²) in [5.41, 5.74) is 9.90. The molecule has 0 fully saturated rings. The van der Waals surface area contributed by atoms with Crippen LogP contribution in [0.25, 0.3) is 22.4 Å². The van der Waals surface area contributed by atoms with Crippen molar-refractivity contribution in [3.05, 3.63) is 47.8 Å². The number of rotatable bonds is 6. The van der Waals surface area contributed by atoms with Gasteiger partial charge in [-0.2, -0.15) is 0 Å². The van der Waals surface area contributed by atoms with Crippen LogP contribution in [0, 0.1) is 12.7 Å². The van der Waals surface area contributed by atoms with Gasteiger partial charge in [-0.25, -0.2) is 9.37 Å². The zero-order valence-electron chi connectivity index (χ0n) is 16.8. The molecule has 3 rings (SSSR count). The van der Waals surface area contributed by atoms with Crippen LogP contribution >= 0.6 is 0 Å². The molecule has 3 N–H and O–H groups in total. The molecule has 0 saturated heterocycles. The Labute approximate surface area is 164 Å². The number of halogens is 1. The Morgan fingerprint density at radius 3 is 2.61 bits per heavy atom. The smallest absolute Gasteiger partial charge is 0.224 e. The van der Waals surface area contributed by atoms with Gasteiger partial charge in [0.15, 0.2) is 0 Å². The highest BCUT2D eigenvalue weighted by Crippen LogP contribution is 2.31. The zero-order valence-corrected chi connectivity index (χ0v) is 16.8. The minimum Gasteiger partial charge on any atom is -0.328 e. The maximum absolute atomic E-state index is 13.6. The summed E-state index contributed by atoms with van der Waals surface area (Å²) >= 11 is 0. The zero-order chi connectivity index (χ0) is 20.4. The molecule has 0 aliphatic carbocycles.